The molecule has 0 saturated carbocycles. The number of rotatable bonds is 6. The number of alkyl carbamates (subject to hydrolysis) is 1. The third kappa shape index (κ3) is 5.63. The molecule has 8 heteroatoms. The van der Waals surface area contributed by atoms with E-state index in [4.69, 9.17) is 10.5 Å². The molecule has 0 radical (unpaired) electrons. The van der Waals surface area contributed by atoms with E-state index in [9.17, 15) is 9.59 Å². The van der Waals surface area contributed by atoms with Crippen LogP contribution in [0.5, 0.6) is 0 Å². The van der Waals surface area contributed by atoms with Gasteiger partial charge in [0, 0.05) is 13.1 Å². The highest BCUT2D eigenvalue weighted by molar-refractivity contribution is 5.97. The van der Waals surface area contributed by atoms with E-state index in [0.29, 0.717) is 5.69 Å². The third-order valence-electron chi connectivity index (χ3n) is 2.68. The first-order chi connectivity index (χ1) is 10.2. The number of aryl methyl sites for hydroxylation is 1. The molecule has 124 valence electrons. The van der Waals surface area contributed by atoms with Crippen molar-refractivity contribution in [3.05, 3.63) is 11.4 Å². The highest BCUT2D eigenvalue weighted by Gasteiger charge is 2.17. The summed E-state index contributed by atoms with van der Waals surface area (Å²) in [6.45, 7) is 7.87. The third-order valence-corrected chi connectivity index (χ3v) is 2.68. The number of nitrogens with one attached hydrogen (secondary N) is 3. The number of anilines is 1. The maximum absolute atomic E-state index is 11.9. The molecule has 0 fully saturated rings. The molecule has 0 atom stereocenters. The Hall–Kier alpha value is -2.25. The number of carbonyl (C=O) groups excluding carboxylic acids is 2. The Morgan fingerprint density at radius 1 is 1.27 bits per heavy atom. The lowest BCUT2D eigenvalue weighted by Gasteiger charge is -2.19. The lowest BCUT2D eigenvalue weighted by molar-refractivity contribution is 0.0526. The molecule has 1 heterocycles. The van der Waals surface area contributed by atoms with Crippen molar-refractivity contribution >= 4 is 17.7 Å². The summed E-state index contributed by atoms with van der Waals surface area (Å²) >= 11 is 0. The van der Waals surface area contributed by atoms with Crippen molar-refractivity contribution < 1.29 is 14.3 Å². The topological polar surface area (TPSA) is 122 Å². The number of hydrogen-bond acceptors (Lipinski definition) is 5. The fourth-order valence-corrected chi connectivity index (χ4v) is 1.74. The summed E-state index contributed by atoms with van der Waals surface area (Å²) in [5.41, 5.74) is 6.64. The van der Waals surface area contributed by atoms with Gasteiger partial charge in [0.1, 0.15) is 5.60 Å². The molecular formula is C14H25N5O3. The zero-order valence-corrected chi connectivity index (χ0v) is 13.6. The van der Waals surface area contributed by atoms with Gasteiger partial charge in [-0.15, -0.1) is 0 Å². The Balaban J connectivity index is 2.36. The highest BCUT2D eigenvalue weighted by Crippen LogP contribution is 2.15. The van der Waals surface area contributed by atoms with Gasteiger partial charge in [-0.3, -0.25) is 9.89 Å². The van der Waals surface area contributed by atoms with Gasteiger partial charge >= 0.3 is 6.09 Å². The molecule has 22 heavy (non-hydrogen) atoms. The maximum Gasteiger partial charge on any atom is 0.407 e. The van der Waals surface area contributed by atoms with Crippen LogP contribution < -0.4 is 16.4 Å². The summed E-state index contributed by atoms with van der Waals surface area (Å²) < 4.78 is 5.08. The average molecular weight is 311 g/mol. The predicted molar refractivity (Wildman–Crippen MR) is 83.6 cm³/mol. The summed E-state index contributed by atoms with van der Waals surface area (Å²) in [6.07, 6.45) is 1.13. The Morgan fingerprint density at radius 3 is 2.50 bits per heavy atom. The second-order valence-corrected chi connectivity index (χ2v) is 5.90. The van der Waals surface area contributed by atoms with E-state index in [2.05, 4.69) is 20.8 Å². The van der Waals surface area contributed by atoms with Crippen molar-refractivity contribution in [2.24, 2.45) is 0 Å². The second kappa shape index (κ2) is 7.67. The number of nitrogens with two attached hydrogens (primary N) is 1. The molecule has 0 unspecified atom stereocenters. The first-order valence-electron chi connectivity index (χ1n) is 7.32. The fourth-order valence-electron chi connectivity index (χ4n) is 1.74. The van der Waals surface area contributed by atoms with Crippen molar-refractivity contribution in [1.82, 2.24) is 20.8 Å². The molecule has 1 aromatic heterocycles. The lowest BCUT2D eigenvalue weighted by atomic mass is 10.2. The van der Waals surface area contributed by atoms with Gasteiger partial charge < -0.3 is 21.1 Å². The van der Waals surface area contributed by atoms with Crippen LogP contribution in [0.15, 0.2) is 0 Å². The smallest absolute Gasteiger partial charge is 0.407 e. The van der Waals surface area contributed by atoms with Gasteiger partial charge in [0.25, 0.3) is 5.91 Å². The fraction of sp³-hybridized carbons (Fsp3) is 0.643. The van der Waals surface area contributed by atoms with Crippen LogP contribution >= 0.6 is 0 Å². The van der Waals surface area contributed by atoms with E-state index in [1.165, 1.54) is 0 Å². The molecule has 8 nitrogen and oxygen atoms in total. The molecule has 0 aliphatic carbocycles. The van der Waals surface area contributed by atoms with Gasteiger partial charge in [0.05, 0.1) is 11.4 Å². The number of hydrogen-bond donors (Lipinski definition) is 4. The number of carbonyl (C=O) groups is 2. The number of H-pyrrole nitrogens is 1. The van der Waals surface area contributed by atoms with Gasteiger partial charge in [-0.05, 0) is 27.2 Å². The first-order valence-corrected chi connectivity index (χ1v) is 7.32. The highest BCUT2D eigenvalue weighted by atomic mass is 16.6. The van der Waals surface area contributed by atoms with Gasteiger partial charge in [-0.25, -0.2) is 4.79 Å². The van der Waals surface area contributed by atoms with Crippen LogP contribution in [-0.2, 0) is 11.2 Å². The van der Waals surface area contributed by atoms with E-state index in [1.54, 1.807) is 20.8 Å². The SMILES string of the molecule is CCCc1[nH]nc(C(=O)NCCNC(=O)OC(C)(C)C)c1N. The minimum atomic E-state index is -0.549. The Kier molecular flexibility index (Phi) is 6.21. The Bertz CT molecular complexity index is 519. The average Bonchev–Trinajstić information content (AvgIpc) is 2.75. The quantitative estimate of drug-likeness (QED) is 0.588. The van der Waals surface area contributed by atoms with Gasteiger partial charge in [0.15, 0.2) is 5.69 Å². The van der Waals surface area contributed by atoms with Crippen LogP contribution in [0.25, 0.3) is 0 Å². The number of amides is 2. The summed E-state index contributed by atoms with van der Waals surface area (Å²) in [6, 6.07) is 0. The zero-order chi connectivity index (χ0) is 16.8. The minimum absolute atomic E-state index is 0.181. The first kappa shape index (κ1) is 17.8. The summed E-state index contributed by atoms with van der Waals surface area (Å²) in [5.74, 6) is -0.373. The van der Waals surface area contributed by atoms with E-state index in [0.717, 1.165) is 18.5 Å². The summed E-state index contributed by atoms with van der Waals surface area (Å²) in [4.78, 5) is 23.4. The number of nitrogens with zero attached hydrogens (tertiary/aromatic N) is 1. The minimum Gasteiger partial charge on any atom is -0.444 e. The van der Waals surface area contributed by atoms with E-state index in [-0.39, 0.29) is 24.7 Å². The van der Waals surface area contributed by atoms with Gasteiger partial charge in [-0.2, -0.15) is 5.10 Å². The van der Waals surface area contributed by atoms with E-state index >= 15 is 0 Å². The van der Waals surface area contributed by atoms with Crippen molar-refractivity contribution in [1.29, 1.82) is 0 Å². The van der Waals surface area contributed by atoms with Gasteiger partial charge in [0.2, 0.25) is 0 Å². The van der Waals surface area contributed by atoms with Crippen molar-refractivity contribution in [2.75, 3.05) is 18.8 Å². The lowest BCUT2D eigenvalue weighted by Crippen LogP contribution is -2.38. The molecule has 0 aliphatic heterocycles. The maximum atomic E-state index is 11.9. The Morgan fingerprint density at radius 2 is 1.91 bits per heavy atom. The van der Waals surface area contributed by atoms with Gasteiger partial charge in [-0.1, -0.05) is 13.3 Å². The standard InChI is InChI=1S/C14H25N5O3/c1-5-6-9-10(15)11(19-18-9)12(20)16-7-8-17-13(21)22-14(2,3)4/h5-8,15H2,1-4H3,(H,16,20)(H,17,21)(H,18,19). The normalized spacial score (nSPS) is 11.1. The van der Waals surface area contributed by atoms with Crippen LogP contribution in [0.1, 0.15) is 50.3 Å². The number of aromatic amines is 1. The largest absolute Gasteiger partial charge is 0.444 e. The van der Waals surface area contributed by atoms with E-state index < -0.39 is 11.7 Å². The molecule has 0 bridgehead atoms. The zero-order valence-electron chi connectivity index (χ0n) is 13.6. The molecule has 0 saturated heterocycles. The van der Waals surface area contributed by atoms with Crippen molar-refractivity contribution in [3.8, 4) is 0 Å². The Labute approximate surface area is 130 Å². The van der Waals surface area contributed by atoms with Crippen molar-refractivity contribution in [2.45, 2.75) is 46.1 Å². The molecule has 0 aromatic carbocycles. The van der Waals surface area contributed by atoms with E-state index in [1.807, 2.05) is 6.92 Å². The second-order valence-electron chi connectivity index (χ2n) is 5.90. The molecule has 1 rings (SSSR count). The number of ether oxygens (including phenoxy) is 1. The van der Waals surface area contributed by atoms with Crippen LogP contribution in [-0.4, -0.2) is 40.9 Å². The van der Waals surface area contributed by atoms with Crippen molar-refractivity contribution in [3.63, 3.8) is 0 Å². The number of aromatic nitrogens is 2. The molecular weight excluding hydrogens is 286 g/mol. The molecule has 0 spiro atoms. The predicted octanol–water partition coefficient (Wildman–Crippen LogP) is 1.20. The van der Waals surface area contributed by atoms with Crippen LogP contribution in [0.3, 0.4) is 0 Å². The number of nitrogen functional groups attached to an aromatic ring is 1. The molecule has 1 aromatic rings. The molecule has 5 N–H and O–H groups in total. The summed E-state index contributed by atoms with van der Waals surface area (Å²) in [7, 11) is 0. The van der Waals surface area contributed by atoms with Crippen LogP contribution in [0.2, 0.25) is 0 Å². The molecule has 0 aliphatic rings. The summed E-state index contributed by atoms with van der Waals surface area (Å²) in [5, 5.41) is 11.9. The molecule has 2 amide bonds. The van der Waals surface area contributed by atoms with Crippen LogP contribution in [0.4, 0.5) is 10.5 Å². The monoisotopic (exact) mass is 311 g/mol. The van der Waals surface area contributed by atoms with Crippen LogP contribution in [0, 0.1) is 0 Å².